The molecule has 1 amide bonds. The zero-order chi connectivity index (χ0) is 18.3. The fourth-order valence-electron chi connectivity index (χ4n) is 4.66. The van der Waals surface area contributed by atoms with E-state index < -0.39 is 0 Å². The Morgan fingerprint density at radius 2 is 2.15 bits per heavy atom. The van der Waals surface area contributed by atoms with E-state index >= 15 is 0 Å². The number of benzene rings is 1. The van der Waals surface area contributed by atoms with Crippen molar-refractivity contribution in [2.75, 3.05) is 7.11 Å². The maximum absolute atomic E-state index is 12.8. The normalized spacial score (nSPS) is 26.5. The zero-order valence-electron chi connectivity index (χ0n) is 15.8. The van der Waals surface area contributed by atoms with Crippen molar-refractivity contribution < 1.29 is 13.9 Å². The highest BCUT2D eigenvalue weighted by Crippen LogP contribution is 2.34. The number of hydrogen-bond donors (Lipinski definition) is 2. The van der Waals surface area contributed by atoms with Crippen molar-refractivity contribution in [1.82, 2.24) is 10.6 Å². The minimum absolute atomic E-state index is 0.0738. The van der Waals surface area contributed by atoms with Crippen molar-refractivity contribution >= 4 is 16.9 Å². The van der Waals surface area contributed by atoms with Gasteiger partial charge < -0.3 is 19.8 Å². The molecule has 2 heterocycles. The molecule has 1 saturated heterocycles. The van der Waals surface area contributed by atoms with Gasteiger partial charge in [0.1, 0.15) is 17.1 Å². The van der Waals surface area contributed by atoms with Crippen molar-refractivity contribution in [3.8, 4) is 5.75 Å². The first-order chi connectivity index (χ1) is 12.6. The Morgan fingerprint density at radius 1 is 1.35 bits per heavy atom. The average molecular weight is 356 g/mol. The lowest BCUT2D eigenvalue weighted by Gasteiger charge is -2.24. The molecule has 140 valence electrons. The second-order valence-corrected chi connectivity index (χ2v) is 7.79. The van der Waals surface area contributed by atoms with Gasteiger partial charge in [-0.2, -0.15) is 0 Å². The van der Waals surface area contributed by atoms with Gasteiger partial charge in [-0.3, -0.25) is 4.79 Å². The van der Waals surface area contributed by atoms with Gasteiger partial charge in [0.25, 0.3) is 0 Å². The largest absolute Gasteiger partial charge is 0.497 e. The summed E-state index contributed by atoms with van der Waals surface area (Å²) in [6.45, 7) is 4.02. The van der Waals surface area contributed by atoms with Crippen LogP contribution in [0.1, 0.15) is 56.4 Å². The standard InChI is InChI=1S/C21H28N2O3/c1-12-16-11-15(25-3)8-9-19(16)26-20(12)13(2)22-21(24)18-10-14-6-4-5-7-17(14)23-18/h8-9,11,13-14,17-18,23H,4-7,10H2,1-3H3,(H,22,24). The Kier molecular flexibility index (Phi) is 4.65. The van der Waals surface area contributed by atoms with Crippen LogP contribution in [-0.4, -0.2) is 25.1 Å². The number of carbonyl (C=O) groups is 1. The van der Waals surface area contributed by atoms with Crippen molar-refractivity contribution in [2.45, 2.75) is 64.1 Å². The molecule has 2 N–H and O–H groups in total. The number of aryl methyl sites for hydroxylation is 1. The molecule has 1 aromatic heterocycles. The fraction of sp³-hybridized carbons (Fsp3) is 0.571. The summed E-state index contributed by atoms with van der Waals surface area (Å²) in [4.78, 5) is 12.8. The predicted molar refractivity (Wildman–Crippen MR) is 101 cm³/mol. The van der Waals surface area contributed by atoms with E-state index in [-0.39, 0.29) is 18.0 Å². The molecule has 1 aromatic carbocycles. The summed E-state index contributed by atoms with van der Waals surface area (Å²) in [5.74, 6) is 2.37. The topological polar surface area (TPSA) is 63.5 Å². The molecule has 2 aromatic rings. The molecule has 0 radical (unpaired) electrons. The molecule has 1 saturated carbocycles. The summed E-state index contributed by atoms with van der Waals surface area (Å²) >= 11 is 0. The molecular weight excluding hydrogens is 328 g/mol. The molecule has 4 unspecified atom stereocenters. The second kappa shape index (κ2) is 6.95. The number of amides is 1. The van der Waals surface area contributed by atoms with Crippen molar-refractivity contribution in [3.63, 3.8) is 0 Å². The van der Waals surface area contributed by atoms with Crippen LogP contribution >= 0.6 is 0 Å². The molecular formula is C21H28N2O3. The number of methoxy groups -OCH3 is 1. The number of fused-ring (bicyclic) bond motifs is 2. The van der Waals surface area contributed by atoms with Gasteiger partial charge >= 0.3 is 0 Å². The van der Waals surface area contributed by atoms with Crippen LogP contribution in [0.3, 0.4) is 0 Å². The SMILES string of the molecule is COc1ccc2oc(C(C)NC(=O)C3CC4CCCCC4N3)c(C)c2c1. The van der Waals surface area contributed by atoms with Gasteiger partial charge in [0.15, 0.2) is 0 Å². The Labute approximate surface area is 154 Å². The van der Waals surface area contributed by atoms with E-state index in [1.54, 1.807) is 7.11 Å². The molecule has 5 heteroatoms. The van der Waals surface area contributed by atoms with Crippen LogP contribution in [0.2, 0.25) is 0 Å². The average Bonchev–Trinajstić information content (AvgIpc) is 3.23. The molecule has 26 heavy (non-hydrogen) atoms. The van der Waals surface area contributed by atoms with Gasteiger partial charge in [-0.25, -0.2) is 0 Å². The van der Waals surface area contributed by atoms with E-state index in [9.17, 15) is 4.79 Å². The van der Waals surface area contributed by atoms with E-state index in [0.717, 1.165) is 34.5 Å². The fourth-order valence-corrected chi connectivity index (χ4v) is 4.66. The number of rotatable bonds is 4. The molecule has 1 aliphatic heterocycles. The molecule has 2 fully saturated rings. The number of hydrogen-bond acceptors (Lipinski definition) is 4. The second-order valence-electron chi connectivity index (χ2n) is 7.79. The summed E-state index contributed by atoms with van der Waals surface area (Å²) in [5, 5.41) is 7.73. The highest BCUT2D eigenvalue weighted by Gasteiger charge is 2.38. The lowest BCUT2D eigenvalue weighted by Crippen LogP contribution is -2.43. The summed E-state index contributed by atoms with van der Waals surface area (Å²) < 4.78 is 11.3. The molecule has 1 aliphatic carbocycles. The summed E-state index contributed by atoms with van der Waals surface area (Å²) in [6.07, 6.45) is 5.99. The Bertz CT molecular complexity index is 799. The lowest BCUT2D eigenvalue weighted by molar-refractivity contribution is -0.123. The highest BCUT2D eigenvalue weighted by molar-refractivity contribution is 5.85. The third-order valence-corrected chi connectivity index (χ3v) is 6.11. The first-order valence-electron chi connectivity index (χ1n) is 9.70. The van der Waals surface area contributed by atoms with Crippen LogP contribution in [0.4, 0.5) is 0 Å². The van der Waals surface area contributed by atoms with E-state index in [1.165, 1.54) is 25.7 Å². The van der Waals surface area contributed by atoms with Crippen LogP contribution in [0, 0.1) is 12.8 Å². The van der Waals surface area contributed by atoms with Gasteiger partial charge in [0.05, 0.1) is 19.2 Å². The van der Waals surface area contributed by atoms with Gasteiger partial charge in [0, 0.05) is 17.0 Å². The van der Waals surface area contributed by atoms with Gasteiger partial charge in [-0.05, 0) is 57.2 Å². The smallest absolute Gasteiger partial charge is 0.237 e. The first kappa shape index (κ1) is 17.4. The van der Waals surface area contributed by atoms with Crippen LogP contribution in [0.25, 0.3) is 11.0 Å². The van der Waals surface area contributed by atoms with Crippen LogP contribution in [0.5, 0.6) is 5.75 Å². The number of ether oxygens (including phenoxy) is 1. The molecule has 0 bridgehead atoms. The lowest BCUT2D eigenvalue weighted by atomic mass is 9.85. The van der Waals surface area contributed by atoms with Crippen molar-refractivity contribution in [1.29, 1.82) is 0 Å². The maximum Gasteiger partial charge on any atom is 0.237 e. The first-order valence-corrected chi connectivity index (χ1v) is 9.70. The van der Waals surface area contributed by atoms with Crippen molar-refractivity contribution in [2.24, 2.45) is 5.92 Å². The van der Waals surface area contributed by atoms with Crippen LogP contribution in [0.15, 0.2) is 22.6 Å². The quantitative estimate of drug-likeness (QED) is 0.873. The van der Waals surface area contributed by atoms with Crippen LogP contribution in [-0.2, 0) is 4.79 Å². The Balaban J connectivity index is 1.47. The summed E-state index contributed by atoms with van der Waals surface area (Å²) in [7, 11) is 1.66. The number of furan rings is 1. The molecule has 4 atom stereocenters. The van der Waals surface area contributed by atoms with Gasteiger partial charge in [-0.1, -0.05) is 12.8 Å². The minimum atomic E-state index is -0.162. The molecule has 5 nitrogen and oxygen atoms in total. The minimum Gasteiger partial charge on any atom is -0.497 e. The monoisotopic (exact) mass is 356 g/mol. The van der Waals surface area contributed by atoms with Crippen LogP contribution < -0.4 is 15.4 Å². The molecule has 2 aliphatic rings. The summed E-state index contributed by atoms with van der Waals surface area (Å²) in [5.41, 5.74) is 1.88. The Hall–Kier alpha value is -2.01. The number of carbonyl (C=O) groups excluding carboxylic acids is 1. The number of nitrogens with one attached hydrogen (secondary N) is 2. The van der Waals surface area contributed by atoms with Gasteiger partial charge in [0.2, 0.25) is 5.91 Å². The van der Waals surface area contributed by atoms with E-state index in [1.807, 2.05) is 32.0 Å². The van der Waals surface area contributed by atoms with E-state index in [0.29, 0.717) is 12.0 Å². The van der Waals surface area contributed by atoms with Crippen molar-refractivity contribution in [3.05, 3.63) is 29.5 Å². The predicted octanol–water partition coefficient (Wildman–Crippen LogP) is 3.85. The molecule has 0 spiro atoms. The van der Waals surface area contributed by atoms with E-state index in [4.69, 9.17) is 9.15 Å². The third kappa shape index (κ3) is 3.09. The summed E-state index contributed by atoms with van der Waals surface area (Å²) in [6, 6.07) is 6.08. The van der Waals surface area contributed by atoms with Gasteiger partial charge in [-0.15, -0.1) is 0 Å². The molecule has 4 rings (SSSR count). The third-order valence-electron chi connectivity index (χ3n) is 6.11. The van der Waals surface area contributed by atoms with E-state index in [2.05, 4.69) is 10.6 Å². The Morgan fingerprint density at radius 3 is 2.92 bits per heavy atom. The highest BCUT2D eigenvalue weighted by atomic mass is 16.5. The maximum atomic E-state index is 12.8. The zero-order valence-corrected chi connectivity index (χ0v) is 15.8.